The van der Waals surface area contributed by atoms with E-state index in [4.69, 9.17) is 9.47 Å². The van der Waals surface area contributed by atoms with Gasteiger partial charge in [0.15, 0.2) is 0 Å². The fourth-order valence-electron chi connectivity index (χ4n) is 2.87. The standard InChI is InChI=1S/C20H20N6O6/c1-31-17-8-6-15(25(27)28)19(23-17)21-11-13-4-3-5-14(10-13)12-22-20-16(26(29)30)7-9-18(24-20)32-2/h3-10H,11-12H2,1-2H3,(H,21,23)(H,22,24). The summed E-state index contributed by atoms with van der Waals surface area (Å²) < 4.78 is 10.1. The van der Waals surface area contributed by atoms with E-state index in [-0.39, 0.29) is 47.9 Å². The number of ether oxygens (including phenoxy) is 2. The molecule has 3 rings (SSSR count). The van der Waals surface area contributed by atoms with Gasteiger partial charge in [-0.2, -0.15) is 9.97 Å². The van der Waals surface area contributed by atoms with Crippen LogP contribution in [0, 0.1) is 20.2 Å². The van der Waals surface area contributed by atoms with Crippen LogP contribution in [0.1, 0.15) is 11.1 Å². The number of anilines is 2. The molecule has 0 aliphatic heterocycles. The highest BCUT2D eigenvalue weighted by Gasteiger charge is 2.17. The lowest BCUT2D eigenvalue weighted by molar-refractivity contribution is -0.384. The molecule has 2 aromatic heterocycles. The Morgan fingerprint density at radius 3 is 1.59 bits per heavy atom. The molecule has 0 aliphatic carbocycles. The third-order valence-corrected chi connectivity index (χ3v) is 4.42. The molecular weight excluding hydrogens is 420 g/mol. The predicted molar refractivity (Wildman–Crippen MR) is 116 cm³/mol. The van der Waals surface area contributed by atoms with Gasteiger partial charge >= 0.3 is 11.4 Å². The maximum atomic E-state index is 11.2. The lowest BCUT2D eigenvalue weighted by Crippen LogP contribution is -2.07. The molecule has 0 saturated carbocycles. The first kappa shape index (κ1) is 22.2. The minimum atomic E-state index is -0.525. The minimum absolute atomic E-state index is 0.0917. The molecule has 3 aromatic rings. The van der Waals surface area contributed by atoms with Crippen molar-refractivity contribution in [3.8, 4) is 11.8 Å². The van der Waals surface area contributed by atoms with E-state index in [2.05, 4.69) is 20.6 Å². The summed E-state index contributed by atoms with van der Waals surface area (Å²) in [5, 5.41) is 28.4. The number of pyridine rings is 2. The number of nitro groups is 2. The summed E-state index contributed by atoms with van der Waals surface area (Å²) in [4.78, 5) is 29.6. The Bertz CT molecular complexity index is 1050. The number of nitrogens with one attached hydrogen (secondary N) is 2. The second-order valence-electron chi connectivity index (χ2n) is 6.48. The van der Waals surface area contributed by atoms with Crippen molar-refractivity contribution in [2.24, 2.45) is 0 Å². The van der Waals surface area contributed by atoms with Crippen LogP contribution in [0.5, 0.6) is 11.8 Å². The molecule has 166 valence electrons. The van der Waals surface area contributed by atoms with Crippen LogP contribution < -0.4 is 20.1 Å². The van der Waals surface area contributed by atoms with Gasteiger partial charge in [-0.3, -0.25) is 20.2 Å². The van der Waals surface area contributed by atoms with Crippen molar-refractivity contribution < 1.29 is 19.3 Å². The molecule has 0 bridgehead atoms. The van der Waals surface area contributed by atoms with Crippen molar-refractivity contribution in [2.75, 3.05) is 24.9 Å². The first-order valence-corrected chi connectivity index (χ1v) is 9.35. The van der Waals surface area contributed by atoms with Gasteiger partial charge in [-0.25, -0.2) is 0 Å². The number of benzene rings is 1. The summed E-state index contributed by atoms with van der Waals surface area (Å²) in [5.41, 5.74) is 1.33. The van der Waals surface area contributed by atoms with Crippen LogP contribution in [0.3, 0.4) is 0 Å². The van der Waals surface area contributed by atoms with Crippen molar-refractivity contribution in [1.82, 2.24) is 9.97 Å². The highest BCUT2D eigenvalue weighted by Crippen LogP contribution is 2.27. The van der Waals surface area contributed by atoms with Gasteiger partial charge in [-0.1, -0.05) is 24.3 Å². The van der Waals surface area contributed by atoms with E-state index in [9.17, 15) is 20.2 Å². The van der Waals surface area contributed by atoms with Crippen molar-refractivity contribution >= 4 is 23.0 Å². The van der Waals surface area contributed by atoms with E-state index in [1.165, 1.54) is 38.5 Å². The Balaban J connectivity index is 1.72. The molecule has 12 heteroatoms. The molecule has 1 aromatic carbocycles. The summed E-state index contributed by atoms with van der Waals surface area (Å²) in [6.45, 7) is 0.540. The van der Waals surface area contributed by atoms with Crippen LogP contribution in [-0.2, 0) is 13.1 Å². The molecule has 0 aliphatic rings. The minimum Gasteiger partial charge on any atom is -0.481 e. The smallest absolute Gasteiger partial charge is 0.311 e. The lowest BCUT2D eigenvalue weighted by atomic mass is 10.1. The largest absolute Gasteiger partial charge is 0.481 e. The molecule has 32 heavy (non-hydrogen) atoms. The highest BCUT2D eigenvalue weighted by atomic mass is 16.6. The van der Waals surface area contributed by atoms with E-state index >= 15 is 0 Å². The molecule has 0 atom stereocenters. The molecular formula is C20H20N6O6. The van der Waals surface area contributed by atoms with Gasteiger partial charge in [0.1, 0.15) is 0 Å². The average molecular weight is 440 g/mol. The van der Waals surface area contributed by atoms with Crippen LogP contribution in [0.2, 0.25) is 0 Å². The van der Waals surface area contributed by atoms with Crippen molar-refractivity contribution in [2.45, 2.75) is 13.1 Å². The van der Waals surface area contributed by atoms with Gasteiger partial charge in [0.05, 0.1) is 24.1 Å². The molecule has 0 saturated heterocycles. The van der Waals surface area contributed by atoms with Crippen molar-refractivity contribution in [1.29, 1.82) is 0 Å². The van der Waals surface area contributed by atoms with Crippen LogP contribution in [0.25, 0.3) is 0 Å². The second kappa shape index (κ2) is 10.0. The molecule has 2 heterocycles. The Morgan fingerprint density at radius 2 is 1.22 bits per heavy atom. The Labute approximate surface area is 182 Å². The summed E-state index contributed by atoms with van der Waals surface area (Å²) >= 11 is 0. The molecule has 2 N–H and O–H groups in total. The Morgan fingerprint density at radius 1 is 0.781 bits per heavy atom. The number of nitrogens with zero attached hydrogens (tertiary/aromatic N) is 4. The van der Waals surface area contributed by atoms with E-state index < -0.39 is 9.85 Å². The average Bonchev–Trinajstić information content (AvgIpc) is 2.81. The van der Waals surface area contributed by atoms with Crippen molar-refractivity contribution in [3.05, 3.63) is 79.9 Å². The normalized spacial score (nSPS) is 10.3. The van der Waals surface area contributed by atoms with Gasteiger partial charge < -0.3 is 20.1 Å². The summed E-state index contributed by atoms with van der Waals surface area (Å²) in [7, 11) is 2.85. The van der Waals surface area contributed by atoms with Gasteiger partial charge in [-0.15, -0.1) is 0 Å². The maximum absolute atomic E-state index is 11.2. The van der Waals surface area contributed by atoms with Gasteiger partial charge in [0, 0.05) is 37.4 Å². The Hall–Kier alpha value is -4.48. The number of hydrogen-bond acceptors (Lipinski definition) is 10. The van der Waals surface area contributed by atoms with Gasteiger partial charge in [0.25, 0.3) is 0 Å². The lowest BCUT2D eigenvalue weighted by Gasteiger charge is -2.10. The van der Waals surface area contributed by atoms with Crippen molar-refractivity contribution in [3.63, 3.8) is 0 Å². The highest BCUT2D eigenvalue weighted by molar-refractivity contribution is 5.58. The summed E-state index contributed by atoms with van der Waals surface area (Å²) in [6.07, 6.45) is 0. The number of rotatable bonds is 10. The number of hydrogen-bond donors (Lipinski definition) is 2. The van der Waals surface area contributed by atoms with Crippen LogP contribution in [-0.4, -0.2) is 34.0 Å². The van der Waals surface area contributed by atoms with E-state index in [1.807, 2.05) is 24.3 Å². The number of methoxy groups -OCH3 is 2. The van der Waals surface area contributed by atoms with Gasteiger partial charge in [0.2, 0.25) is 23.4 Å². The van der Waals surface area contributed by atoms with E-state index in [0.29, 0.717) is 0 Å². The second-order valence-corrected chi connectivity index (χ2v) is 6.48. The molecule has 0 fully saturated rings. The number of aromatic nitrogens is 2. The third kappa shape index (κ3) is 5.36. The molecule has 0 spiro atoms. The predicted octanol–water partition coefficient (Wildman–Crippen LogP) is 3.53. The van der Waals surface area contributed by atoms with E-state index in [1.54, 1.807) is 0 Å². The quantitative estimate of drug-likeness (QED) is 0.353. The zero-order valence-corrected chi connectivity index (χ0v) is 17.3. The third-order valence-electron chi connectivity index (χ3n) is 4.42. The van der Waals surface area contributed by atoms with E-state index in [0.717, 1.165) is 11.1 Å². The van der Waals surface area contributed by atoms with Crippen LogP contribution >= 0.6 is 0 Å². The molecule has 0 amide bonds. The fourth-order valence-corrected chi connectivity index (χ4v) is 2.87. The molecule has 0 unspecified atom stereocenters. The first-order chi connectivity index (χ1) is 15.4. The molecule has 12 nitrogen and oxygen atoms in total. The molecule has 0 radical (unpaired) electrons. The van der Waals surface area contributed by atoms with Gasteiger partial charge in [-0.05, 0) is 11.1 Å². The summed E-state index contributed by atoms with van der Waals surface area (Å²) in [5.74, 6) is 0.690. The summed E-state index contributed by atoms with van der Waals surface area (Å²) in [6, 6.07) is 12.8. The van der Waals surface area contributed by atoms with Crippen LogP contribution in [0.4, 0.5) is 23.0 Å². The fraction of sp³-hybridized carbons (Fsp3) is 0.200. The zero-order chi connectivity index (χ0) is 23.1. The first-order valence-electron chi connectivity index (χ1n) is 9.35. The maximum Gasteiger partial charge on any atom is 0.311 e. The monoisotopic (exact) mass is 440 g/mol. The topological polar surface area (TPSA) is 155 Å². The SMILES string of the molecule is COc1ccc([N+](=O)[O-])c(NCc2cccc(CNc3nc(OC)ccc3[N+](=O)[O-])c2)n1. The zero-order valence-electron chi connectivity index (χ0n) is 17.3. The van der Waals surface area contributed by atoms with Crippen LogP contribution in [0.15, 0.2) is 48.5 Å². The Kier molecular flexibility index (Phi) is 6.95.